The van der Waals surface area contributed by atoms with Crippen molar-refractivity contribution in [2.75, 3.05) is 6.54 Å². The fraction of sp³-hybridized carbons (Fsp3) is 0.500. The van der Waals surface area contributed by atoms with Gasteiger partial charge < -0.3 is 5.32 Å². The van der Waals surface area contributed by atoms with Gasteiger partial charge >= 0.3 is 0 Å². The average molecular weight is 242 g/mol. The molecule has 1 saturated carbocycles. The van der Waals surface area contributed by atoms with Crippen LogP contribution in [0.15, 0.2) is 18.2 Å². The maximum Gasteiger partial charge on any atom is 0.0934 e. The maximum atomic E-state index is 5.89. The van der Waals surface area contributed by atoms with Crippen LogP contribution in [0.2, 0.25) is 4.34 Å². The highest BCUT2D eigenvalue weighted by molar-refractivity contribution is 7.17. The topological polar surface area (TPSA) is 12.0 Å². The van der Waals surface area contributed by atoms with Crippen molar-refractivity contribution in [3.63, 3.8) is 0 Å². The summed E-state index contributed by atoms with van der Waals surface area (Å²) in [4.78, 5) is 1.28. The Morgan fingerprint density at radius 3 is 3.00 bits per heavy atom. The average Bonchev–Trinajstić information content (AvgIpc) is 2.94. The first-order valence-electron chi connectivity index (χ1n) is 5.41. The zero-order valence-electron chi connectivity index (χ0n) is 8.92. The van der Waals surface area contributed by atoms with Crippen LogP contribution in [0.4, 0.5) is 0 Å². The third-order valence-corrected chi connectivity index (χ3v) is 3.93. The van der Waals surface area contributed by atoms with Crippen molar-refractivity contribution in [2.24, 2.45) is 0 Å². The zero-order chi connectivity index (χ0) is 10.7. The molecule has 0 radical (unpaired) electrons. The van der Waals surface area contributed by atoms with Crippen LogP contribution < -0.4 is 5.32 Å². The second kappa shape index (κ2) is 5.15. The van der Waals surface area contributed by atoms with Crippen LogP contribution in [0.25, 0.3) is 5.57 Å². The number of halogens is 1. The van der Waals surface area contributed by atoms with Crippen molar-refractivity contribution in [3.05, 3.63) is 27.4 Å². The smallest absolute Gasteiger partial charge is 0.0934 e. The van der Waals surface area contributed by atoms with Gasteiger partial charge in [-0.3, -0.25) is 0 Å². The molecule has 1 aliphatic carbocycles. The first-order chi connectivity index (χ1) is 7.25. The SMILES string of the molecule is CC(=CCCNC1CC1)c1ccc(Cl)s1. The third-order valence-electron chi connectivity index (χ3n) is 2.57. The first-order valence-corrected chi connectivity index (χ1v) is 6.61. The summed E-state index contributed by atoms with van der Waals surface area (Å²) in [7, 11) is 0. The molecule has 0 spiro atoms. The molecule has 1 fully saturated rings. The Morgan fingerprint density at radius 1 is 1.60 bits per heavy atom. The monoisotopic (exact) mass is 241 g/mol. The summed E-state index contributed by atoms with van der Waals surface area (Å²) in [5, 5.41) is 3.50. The Hall–Kier alpha value is -0.310. The van der Waals surface area contributed by atoms with E-state index in [1.54, 1.807) is 11.3 Å². The molecule has 1 aliphatic rings. The summed E-state index contributed by atoms with van der Waals surface area (Å²) >= 11 is 7.54. The second-order valence-corrected chi connectivity index (χ2v) is 5.72. The highest BCUT2D eigenvalue weighted by atomic mass is 35.5. The van der Waals surface area contributed by atoms with E-state index in [0.29, 0.717) is 0 Å². The van der Waals surface area contributed by atoms with Gasteiger partial charge in [-0.15, -0.1) is 11.3 Å². The summed E-state index contributed by atoms with van der Waals surface area (Å²) in [5.41, 5.74) is 1.34. The number of nitrogens with one attached hydrogen (secondary N) is 1. The van der Waals surface area contributed by atoms with Crippen molar-refractivity contribution >= 4 is 28.5 Å². The first kappa shape index (κ1) is 11.2. The van der Waals surface area contributed by atoms with Gasteiger partial charge in [-0.2, -0.15) is 0 Å². The van der Waals surface area contributed by atoms with E-state index >= 15 is 0 Å². The minimum atomic E-state index is 0.815. The largest absolute Gasteiger partial charge is 0.314 e. The molecule has 0 saturated heterocycles. The summed E-state index contributed by atoms with van der Waals surface area (Å²) < 4.78 is 0.869. The lowest BCUT2D eigenvalue weighted by molar-refractivity contribution is 0.690. The molecular weight excluding hydrogens is 226 g/mol. The van der Waals surface area contributed by atoms with Crippen LogP contribution in [-0.4, -0.2) is 12.6 Å². The number of rotatable bonds is 5. The van der Waals surface area contributed by atoms with E-state index in [9.17, 15) is 0 Å². The van der Waals surface area contributed by atoms with Crippen molar-refractivity contribution in [2.45, 2.75) is 32.2 Å². The predicted octanol–water partition coefficient (Wildman–Crippen LogP) is 3.95. The number of hydrogen-bond acceptors (Lipinski definition) is 2. The Balaban J connectivity index is 1.78. The molecule has 0 atom stereocenters. The molecule has 15 heavy (non-hydrogen) atoms. The van der Waals surface area contributed by atoms with Crippen LogP contribution in [0.3, 0.4) is 0 Å². The Kier molecular flexibility index (Phi) is 3.84. The summed E-state index contributed by atoms with van der Waals surface area (Å²) in [6.07, 6.45) is 6.13. The molecule has 0 aromatic carbocycles. The molecule has 0 aliphatic heterocycles. The van der Waals surface area contributed by atoms with Gasteiger partial charge in [-0.25, -0.2) is 0 Å². The van der Waals surface area contributed by atoms with E-state index in [-0.39, 0.29) is 0 Å². The van der Waals surface area contributed by atoms with Gasteiger partial charge in [-0.1, -0.05) is 17.7 Å². The van der Waals surface area contributed by atoms with Crippen molar-refractivity contribution in [1.29, 1.82) is 0 Å². The van der Waals surface area contributed by atoms with Gasteiger partial charge in [0.2, 0.25) is 0 Å². The summed E-state index contributed by atoms with van der Waals surface area (Å²) in [6, 6.07) is 4.86. The van der Waals surface area contributed by atoms with Gasteiger partial charge in [0.25, 0.3) is 0 Å². The molecule has 2 rings (SSSR count). The number of allylic oxidation sites excluding steroid dienone is 1. The Bertz CT molecular complexity index is 352. The normalized spacial score (nSPS) is 17.1. The molecule has 1 nitrogen and oxygen atoms in total. The van der Waals surface area contributed by atoms with Crippen molar-refractivity contribution < 1.29 is 0 Å². The molecule has 0 unspecified atom stereocenters. The van der Waals surface area contributed by atoms with Gasteiger partial charge in [0.15, 0.2) is 0 Å². The molecule has 82 valence electrons. The van der Waals surface area contributed by atoms with Crippen LogP contribution >= 0.6 is 22.9 Å². The Morgan fingerprint density at radius 2 is 2.40 bits per heavy atom. The van der Waals surface area contributed by atoms with Crippen LogP contribution in [0.1, 0.15) is 31.1 Å². The minimum absolute atomic E-state index is 0.815. The van der Waals surface area contributed by atoms with Crippen LogP contribution in [0, 0.1) is 0 Å². The molecule has 1 aromatic heterocycles. The Labute approximate surface area is 100 Å². The van der Waals surface area contributed by atoms with Crippen LogP contribution in [-0.2, 0) is 0 Å². The predicted molar refractivity (Wildman–Crippen MR) is 68.6 cm³/mol. The second-order valence-electron chi connectivity index (χ2n) is 4.01. The van der Waals surface area contributed by atoms with Crippen LogP contribution in [0.5, 0.6) is 0 Å². The molecule has 0 bridgehead atoms. The molecule has 1 heterocycles. The highest BCUT2D eigenvalue weighted by Crippen LogP contribution is 2.27. The fourth-order valence-corrected chi connectivity index (χ4v) is 2.53. The van der Waals surface area contributed by atoms with Gasteiger partial charge in [0.05, 0.1) is 4.34 Å². The minimum Gasteiger partial charge on any atom is -0.314 e. The molecule has 1 N–H and O–H groups in total. The van der Waals surface area contributed by atoms with Crippen molar-refractivity contribution in [3.8, 4) is 0 Å². The fourth-order valence-electron chi connectivity index (χ4n) is 1.49. The van der Waals surface area contributed by atoms with E-state index in [0.717, 1.165) is 23.3 Å². The maximum absolute atomic E-state index is 5.89. The van der Waals surface area contributed by atoms with E-state index in [4.69, 9.17) is 11.6 Å². The van der Waals surface area contributed by atoms with E-state index in [1.807, 2.05) is 6.07 Å². The summed E-state index contributed by atoms with van der Waals surface area (Å²) in [6.45, 7) is 3.25. The van der Waals surface area contributed by atoms with Gasteiger partial charge in [0, 0.05) is 10.9 Å². The lowest BCUT2D eigenvalue weighted by atomic mass is 10.2. The van der Waals surface area contributed by atoms with Crippen molar-refractivity contribution in [1.82, 2.24) is 5.32 Å². The number of thiophene rings is 1. The van der Waals surface area contributed by atoms with E-state index < -0.39 is 0 Å². The standard InChI is InChI=1S/C12H16ClNS/c1-9(11-6-7-12(13)15-11)3-2-8-14-10-4-5-10/h3,6-7,10,14H,2,4-5,8H2,1H3. The molecule has 0 amide bonds. The highest BCUT2D eigenvalue weighted by Gasteiger charge is 2.19. The molecular formula is C12H16ClNS. The number of hydrogen-bond donors (Lipinski definition) is 1. The lowest BCUT2D eigenvalue weighted by Gasteiger charge is -2.00. The molecule has 3 heteroatoms. The quantitative estimate of drug-likeness (QED) is 0.770. The van der Waals surface area contributed by atoms with Gasteiger partial charge in [0.1, 0.15) is 0 Å². The summed E-state index contributed by atoms with van der Waals surface area (Å²) in [5.74, 6) is 0. The van der Waals surface area contributed by atoms with Gasteiger partial charge in [-0.05, 0) is 50.4 Å². The lowest BCUT2D eigenvalue weighted by Crippen LogP contribution is -2.16. The molecule has 1 aromatic rings. The van der Waals surface area contributed by atoms with E-state index in [2.05, 4.69) is 24.4 Å². The third kappa shape index (κ3) is 3.63. The zero-order valence-corrected chi connectivity index (χ0v) is 10.5. The van der Waals surface area contributed by atoms with E-state index in [1.165, 1.54) is 23.3 Å².